The average molecular weight is 242 g/mol. The van der Waals surface area contributed by atoms with Gasteiger partial charge in [0.2, 0.25) is 0 Å². The van der Waals surface area contributed by atoms with E-state index in [1.54, 1.807) is 0 Å². The summed E-state index contributed by atoms with van der Waals surface area (Å²) in [7, 11) is 0. The predicted molar refractivity (Wildman–Crippen MR) is 64.1 cm³/mol. The summed E-state index contributed by atoms with van der Waals surface area (Å²) in [6.45, 7) is 7.73. The van der Waals surface area contributed by atoms with Crippen molar-refractivity contribution in [2.75, 3.05) is 45.9 Å². The van der Waals surface area contributed by atoms with Gasteiger partial charge in [0, 0.05) is 26.2 Å². The van der Waals surface area contributed by atoms with Crippen LogP contribution in [0.1, 0.15) is 19.8 Å². The highest BCUT2D eigenvalue weighted by atomic mass is 16.5. The molecule has 0 amide bonds. The molecule has 5 nitrogen and oxygen atoms in total. The largest absolute Gasteiger partial charge is 0.480 e. The van der Waals surface area contributed by atoms with E-state index in [0.717, 1.165) is 45.6 Å². The fraction of sp³-hybridized carbons (Fsp3) is 0.917. The monoisotopic (exact) mass is 242 g/mol. The van der Waals surface area contributed by atoms with Crippen molar-refractivity contribution in [1.82, 2.24) is 9.80 Å². The number of carboxylic acids is 1. The Kier molecular flexibility index (Phi) is 4.01. The second kappa shape index (κ2) is 5.33. The van der Waals surface area contributed by atoms with Gasteiger partial charge in [-0.2, -0.15) is 0 Å². The second-order valence-corrected chi connectivity index (χ2v) is 4.87. The third-order valence-electron chi connectivity index (χ3n) is 4.14. The first kappa shape index (κ1) is 12.8. The fourth-order valence-electron chi connectivity index (χ4n) is 2.90. The highest BCUT2D eigenvalue weighted by molar-refractivity contribution is 5.79. The number of hydrogen-bond acceptors (Lipinski definition) is 4. The molecule has 0 aromatic rings. The van der Waals surface area contributed by atoms with E-state index in [9.17, 15) is 9.90 Å². The van der Waals surface area contributed by atoms with Crippen LogP contribution >= 0.6 is 0 Å². The molecule has 1 N–H and O–H groups in total. The lowest BCUT2D eigenvalue weighted by Crippen LogP contribution is -2.62. The van der Waals surface area contributed by atoms with Crippen molar-refractivity contribution in [1.29, 1.82) is 0 Å². The molecular weight excluding hydrogens is 220 g/mol. The zero-order valence-corrected chi connectivity index (χ0v) is 10.5. The highest BCUT2D eigenvalue weighted by Gasteiger charge is 2.46. The van der Waals surface area contributed by atoms with Gasteiger partial charge in [-0.25, -0.2) is 0 Å². The third kappa shape index (κ3) is 2.46. The zero-order chi connectivity index (χ0) is 12.3. The first-order valence-electron chi connectivity index (χ1n) is 6.47. The number of nitrogens with zero attached hydrogens (tertiary/aromatic N) is 2. The van der Waals surface area contributed by atoms with Crippen LogP contribution in [-0.4, -0.2) is 72.4 Å². The number of piperidine rings is 1. The van der Waals surface area contributed by atoms with Crippen LogP contribution in [0.3, 0.4) is 0 Å². The Morgan fingerprint density at radius 1 is 1.24 bits per heavy atom. The molecule has 0 unspecified atom stereocenters. The maximum Gasteiger partial charge on any atom is 0.324 e. The molecule has 2 heterocycles. The number of rotatable bonds is 3. The summed E-state index contributed by atoms with van der Waals surface area (Å²) in [6, 6.07) is 0. The minimum absolute atomic E-state index is 0.643. The van der Waals surface area contributed by atoms with Crippen LogP contribution in [0.2, 0.25) is 0 Å². The Labute approximate surface area is 102 Å². The smallest absolute Gasteiger partial charge is 0.324 e. The predicted octanol–water partition coefficient (Wildman–Crippen LogP) is 0.258. The number of carbonyl (C=O) groups is 1. The average Bonchev–Trinajstić information content (AvgIpc) is 2.39. The molecule has 17 heavy (non-hydrogen) atoms. The lowest BCUT2D eigenvalue weighted by molar-refractivity contribution is -0.159. The van der Waals surface area contributed by atoms with Gasteiger partial charge in [0.1, 0.15) is 5.54 Å². The molecule has 0 aromatic heterocycles. The lowest BCUT2D eigenvalue weighted by atomic mass is 9.85. The molecule has 2 rings (SSSR count). The molecule has 2 fully saturated rings. The van der Waals surface area contributed by atoms with Gasteiger partial charge in [-0.1, -0.05) is 6.92 Å². The molecule has 0 atom stereocenters. The SMILES string of the molecule is CCN1CCC(C(=O)O)(N2CCOCC2)CC1. The van der Waals surface area contributed by atoms with Crippen molar-refractivity contribution in [2.45, 2.75) is 25.3 Å². The standard InChI is InChI=1S/C12H22N2O3/c1-2-13-5-3-12(4-6-13,11(15)16)14-7-9-17-10-8-14/h2-10H2,1H3,(H,15,16). The van der Waals surface area contributed by atoms with E-state index in [4.69, 9.17) is 4.74 Å². The van der Waals surface area contributed by atoms with Crippen LogP contribution in [0.5, 0.6) is 0 Å². The number of likely N-dealkylation sites (tertiary alicyclic amines) is 1. The van der Waals surface area contributed by atoms with Crippen molar-refractivity contribution in [3.05, 3.63) is 0 Å². The van der Waals surface area contributed by atoms with Crippen molar-refractivity contribution in [3.63, 3.8) is 0 Å². The maximum absolute atomic E-state index is 11.7. The number of hydrogen-bond donors (Lipinski definition) is 1. The van der Waals surface area contributed by atoms with Crippen LogP contribution in [0.4, 0.5) is 0 Å². The molecular formula is C12H22N2O3. The Hall–Kier alpha value is -0.650. The van der Waals surface area contributed by atoms with Crippen molar-refractivity contribution in [3.8, 4) is 0 Å². The van der Waals surface area contributed by atoms with E-state index < -0.39 is 11.5 Å². The molecule has 0 aromatic carbocycles. The normalized spacial score (nSPS) is 26.9. The molecule has 2 aliphatic rings. The van der Waals surface area contributed by atoms with E-state index in [-0.39, 0.29) is 0 Å². The van der Waals surface area contributed by atoms with E-state index in [2.05, 4.69) is 16.7 Å². The van der Waals surface area contributed by atoms with Crippen molar-refractivity contribution in [2.24, 2.45) is 0 Å². The van der Waals surface area contributed by atoms with Crippen LogP contribution in [0.15, 0.2) is 0 Å². The Bertz CT molecular complexity index is 269. The minimum Gasteiger partial charge on any atom is -0.480 e. The number of carboxylic acid groups (broad SMARTS) is 1. The van der Waals surface area contributed by atoms with Gasteiger partial charge in [0.05, 0.1) is 13.2 Å². The highest BCUT2D eigenvalue weighted by Crippen LogP contribution is 2.30. The number of morpholine rings is 1. The molecule has 0 saturated carbocycles. The Balaban J connectivity index is 2.07. The Morgan fingerprint density at radius 3 is 2.29 bits per heavy atom. The van der Waals surface area contributed by atoms with E-state index in [0.29, 0.717) is 13.2 Å². The fourth-order valence-corrected chi connectivity index (χ4v) is 2.90. The second-order valence-electron chi connectivity index (χ2n) is 4.87. The summed E-state index contributed by atoms with van der Waals surface area (Å²) in [5.41, 5.74) is -0.643. The molecule has 0 radical (unpaired) electrons. The van der Waals surface area contributed by atoms with E-state index in [1.165, 1.54) is 0 Å². The molecule has 0 aliphatic carbocycles. The molecule has 2 aliphatic heterocycles. The lowest BCUT2D eigenvalue weighted by Gasteiger charge is -2.47. The van der Waals surface area contributed by atoms with Crippen molar-refractivity contribution >= 4 is 5.97 Å². The quantitative estimate of drug-likeness (QED) is 0.769. The van der Waals surface area contributed by atoms with Gasteiger partial charge in [-0.05, 0) is 19.4 Å². The van der Waals surface area contributed by atoms with Gasteiger partial charge >= 0.3 is 5.97 Å². The molecule has 98 valence electrons. The van der Waals surface area contributed by atoms with Gasteiger partial charge in [0.25, 0.3) is 0 Å². The summed E-state index contributed by atoms with van der Waals surface area (Å²) in [6.07, 6.45) is 1.46. The van der Waals surface area contributed by atoms with Crippen LogP contribution in [0.25, 0.3) is 0 Å². The van der Waals surface area contributed by atoms with Gasteiger partial charge in [-0.15, -0.1) is 0 Å². The summed E-state index contributed by atoms with van der Waals surface area (Å²) in [4.78, 5) is 16.1. The summed E-state index contributed by atoms with van der Waals surface area (Å²) in [5.74, 6) is -0.657. The summed E-state index contributed by atoms with van der Waals surface area (Å²) >= 11 is 0. The first-order valence-corrected chi connectivity index (χ1v) is 6.47. The molecule has 0 spiro atoms. The number of ether oxygens (including phenoxy) is 1. The molecule has 0 bridgehead atoms. The van der Waals surface area contributed by atoms with Crippen LogP contribution < -0.4 is 0 Å². The third-order valence-corrected chi connectivity index (χ3v) is 4.14. The summed E-state index contributed by atoms with van der Waals surface area (Å²) < 4.78 is 5.31. The van der Waals surface area contributed by atoms with E-state index >= 15 is 0 Å². The van der Waals surface area contributed by atoms with Crippen LogP contribution in [-0.2, 0) is 9.53 Å². The first-order chi connectivity index (χ1) is 8.19. The maximum atomic E-state index is 11.7. The van der Waals surface area contributed by atoms with Crippen LogP contribution in [0, 0.1) is 0 Å². The van der Waals surface area contributed by atoms with Gasteiger partial charge in [0.15, 0.2) is 0 Å². The van der Waals surface area contributed by atoms with Gasteiger partial charge in [-0.3, -0.25) is 9.69 Å². The zero-order valence-electron chi connectivity index (χ0n) is 10.5. The topological polar surface area (TPSA) is 53.0 Å². The number of aliphatic carboxylic acids is 1. The van der Waals surface area contributed by atoms with Gasteiger partial charge < -0.3 is 14.7 Å². The van der Waals surface area contributed by atoms with E-state index in [1.807, 2.05) is 0 Å². The molecule has 2 saturated heterocycles. The summed E-state index contributed by atoms with van der Waals surface area (Å²) in [5, 5.41) is 9.60. The molecule has 5 heteroatoms. The Morgan fingerprint density at radius 2 is 1.82 bits per heavy atom. The van der Waals surface area contributed by atoms with Crippen molar-refractivity contribution < 1.29 is 14.6 Å². The minimum atomic E-state index is -0.657.